The molecular weight excluding hydrogens is 282 g/mol. The van der Waals surface area contributed by atoms with Crippen molar-refractivity contribution in [3.8, 4) is 6.07 Å². The molecule has 0 radical (unpaired) electrons. The van der Waals surface area contributed by atoms with Crippen LogP contribution in [-0.2, 0) is 9.84 Å². The lowest BCUT2D eigenvalue weighted by Gasteiger charge is -2.24. The molecule has 106 valence electrons. The van der Waals surface area contributed by atoms with Crippen LogP contribution in [0.5, 0.6) is 0 Å². The smallest absolute Gasteiger partial charge is 0.287 e. The Morgan fingerprint density at radius 3 is 2.55 bits per heavy atom. The first-order valence-corrected chi connectivity index (χ1v) is 7.89. The van der Waals surface area contributed by atoms with Crippen molar-refractivity contribution in [3.63, 3.8) is 0 Å². The van der Waals surface area contributed by atoms with E-state index in [1.54, 1.807) is 6.07 Å². The summed E-state index contributed by atoms with van der Waals surface area (Å²) in [6, 6.07) is 6.02. The lowest BCUT2D eigenvalue weighted by molar-refractivity contribution is -0.385. The minimum absolute atomic E-state index is 0.00604. The average Bonchev–Trinajstić information content (AvgIpc) is 2.40. The first-order chi connectivity index (χ1) is 9.41. The number of nitro benzene ring substituents is 1. The fourth-order valence-corrected chi connectivity index (χ4v) is 3.64. The normalized spacial score (nSPS) is 18.1. The number of nitro groups is 1. The lowest BCUT2D eigenvalue weighted by atomic mass is 10.1. The van der Waals surface area contributed by atoms with Gasteiger partial charge in [0.25, 0.3) is 5.69 Å². The van der Waals surface area contributed by atoms with Gasteiger partial charge >= 0.3 is 0 Å². The summed E-state index contributed by atoms with van der Waals surface area (Å²) in [7, 11) is -2.92. The Hall–Kier alpha value is -2.14. The maximum Gasteiger partial charge on any atom is 0.287 e. The van der Waals surface area contributed by atoms with Crippen LogP contribution >= 0.6 is 0 Å². The second kappa shape index (κ2) is 5.46. The van der Waals surface area contributed by atoms with Gasteiger partial charge in [0.15, 0.2) is 0 Å². The molecule has 0 bridgehead atoms. The molecule has 1 aromatic rings. The van der Waals surface area contributed by atoms with E-state index in [2.05, 4.69) is 5.32 Å². The highest BCUT2D eigenvalue weighted by Gasteiger charge is 2.24. The van der Waals surface area contributed by atoms with Crippen LogP contribution in [0.1, 0.15) is 18.4 Å². The number of nitriles is 1. The number of hydrogen-bond acceptors (Lipinski definition) is 6. The van der Waals surface area contributed by atoms with Crippen LogP contribution in [0.2, 0.25) is 0 Å². The van der Waals surface area contributed by atoms with E-state index in [0.717, 1.165) is 0 Å². The van der Waals surface area contributed by atoms with Gasteiger partial charge in [-0.3, -0.25) is 10.1 Å². The van der Waals surface area contributed by atoms with Gasteiger partial charge in [0.1, 0.15) is 21.5 Å². The number of sulfone groups is 1. The van der Waals surface area contributed by atoms with Crippen LogP contribution < -0.4 is 5.32 Å². The number of benzene rings is 1. The number of hydrogen-bond donors (Lipinski definition) is 1. The molecule has 20 heavy (non-hydrogen) atoms. The van der Waals surface area contributed by atoms with Gasteiger partial charge in [0, 0.05) is 17.8 Å². The highest BCUT2D eigenvalue weighted by atomic mass is 32.2. The topological polar surface area (TPSA) is 113 Å². The molecule has 7 nitrogen and oxygen atoms in total. The number of nitrogens with one attached hydrogen (secondary N) is 1. The summed E-state index contributed by atoms with van der Waals surface area (Å²) >= 11 is 0. The summed E-state index contributed by atoms with van der Waals surface area (Å²) in [6.07, 6.45) is 1.00. The maximum atomic E-state index is 11.3. The maximum absolute atomic E-state index is 11.3. The number of anilines is 1. The summed E-state index contributed by atoms with van der Waals surface area (Å²) in [5, 5.41) is 22.7. The first kappa shape index (κ1) is 14.3. The quantitative estimate of drug-likeness (QED) is 0.667. The van der Waals surface area contributed by atoms with Gasteiger partial charge < -0.3 is 5.32 Å². The zero-order valence-corrected chi connectivity index (χ0v) is 11.4. The molecule has 0 spiro atoms. The molecule has 0 saturated carbocycles. The molecule has 2 rings (SSSR count). The zero-order valence-electron chi connectivity index (χ0n) is 10.6. The van der Waals surface area contributed by atoms with E-state index < -0.39 is 14.8 Å². The Labute approximate surface area is 116 Å². The molecule has 1 saturated heterocycles. The molecule has 1 N–H and O–H groups in total. The van der Waals surface area contributed by atoms with E-state index in [-0.39, 0.29) is 28.8 Å². The van der Waals surface area contributed by atoms with Crippen molar-refractivity contribution in [2.45, 2.75) is 18.9 Å². The van der Waals surface area contributed by atoms with E-state index in [9.17, 15) is 18.5 Å². The molecule has 8 heteroatoms. The summed E-state index contributed by atoms with van der Waals surface area (Å²) in [5.74, 6) is 0.283. The summed E-state index contributed by atoms with van der Waals surface area (Å²) < 4.78 is 22.6. The second-order valence-electron chi connectivity index (χ2n) is 4.67. The average molecular weight is 295 g/mol. The summed E-state index contributed by atoms with van der Waals surface area (Å²) in [5.41, 5.74) is 0.351. The van der Waals surface area contributed by atoms with Crippen LogP contribution in [0.15, 0.2) is 18.2 Å². The van der Waals surface area contributed by atoms with Crippen molar-refractivity contribution in [2.24, 2.45) is 0 Å². The van der Waals surface area contributed by atoms with Gasteiger partial charge in [-0.1, -0.05) is 0 Å². The Morgan fingerprint density at radius 2 is 2.00 bits per heavy atom. The van der Waals surface area contributed by atoms with Gasteiger partial charge in [-0.2, -0.15) is 5.26 Å². The van der Waals surface area contributed by atoms with Gasteiger partial charge in [-0.05, 0) is 25.0 Å². The van der Waals surface area contributed by atoms with Gasteiger partial charge in [0.05, 0.1) is 16.4 Å². The third kappa shape index (κ3) is 3.24. The Morgan fingerprint density at radius 1 is 1.35 bits per heavy atom. The number of rotatable bonds is 3. The minimum Gasteiger partial charge on any atom is -0.382 e. The van der Waals surface area contributed by atoms with E-state index in [0.29, 0.717) is 18.5 Å². The van der Waals surface area contributed by atoms with Crippen LogP contribution in [0.4, 0.5) is 11.4 Å². The molecule has 0 aliphatic carbocycles. The molecule has 1 aromatic carbocycles. The summed E-state index contributed by atoms with van der Waals surface area (Å²) in [6.45, 7) is 0. The largest absolute Gasteiger partial charge is 0.382 e. The molecular formula is C12H13N3O4S. The van der Waals surface area contributed by atoms with Gasteiger partial charge in [0.2, 0.25) is 0 Å². The van der Waals surface area contributed by atoms with Crippen LogP contribution in [0.25, 0.3) is 0 Å². The number of nitrogens with zero attached hydrogens (tertiary/aromatic N) is 2. The van der Waals surface area contributed by atoms with E-state index in [1.165, 1.54) is 18.2 Å². The summed E-state index contributed by atoms with van der Waals surface area (Å²) in [4.78, 5) is 10.1. The monoisotopic (exact) mass is 295 g/mol. The highest BCUT2D eigenvalue weighted by Crippen LogP contribution is 2.24. The minimum atomic E-state index is -2.92. The third-order valence-corrected chi connectivity index (χ3v) is 4.95. The predicted octanol–water partition coefficient (Wildman–Crippen LogP) is 1.46. The Kier molecular flexibility index (Phi) is 3.90. The zero-order chi connectivity index (χ0) is 14.8. The van der Waals surface area contributed by atoms with Crippen molar-refractivity contribution >= 4 is 21.2 Å². The Bertz CT molecular complexity index is 664. The SMILES string of the molecule is N#Cc1cc(NC2CCS(=O)(=O)CC2)ccc1[N+](=O)[O-]. The highest BCUT2D eigenvalue weighted by molar-refractivity contribution is 7.91. The predicted molar refractivity (Wildman–Crippen MR) is 73.1 cm³/mol. The fraction of sp³-hybridized carbons (Fsp3) is 0.417. The molecule has 1 heterocycles. The van der Waals surface area contributed by atoms with E-state index in [4.69, 9.17) is 5.26 Å². The van der Waals surface area contributed by atoms with Gasteiger partial charge in [-0.25, -0.2) is 8.42 Å². The second-order valence-corrected chi connectivity index (χ2v) is 6.97. The molecule has 1 aliphatic heterocycles. The van der Waals surface area contributed by atoms with Gasteiger partial charge in [-0.15, -0.1) is 0 Å². The third-order valence-electron chi connectivity index (χ3n) is 3.24. The molecule has 0 aromatic heterocycles. The van der Waals surface area contributed by atoms with Crippen LogP contribution in [-0.4, -0.2) is 30.9 Å². The molecule has 0 unspecified atom stereocenters. The molecule has 0 amide bonds. The lowest BCUT2D eigenvalue weighted by Crippen LogP contribution is -2.32. The molecule has 1 aliphatic rings. The molecule has 0 atom stereocenters. The molecule has 1 fully saturated rings. The van der Waals surface area contributed by atoms with Crippen molar-refractivity contribution in [3.05, 3.63) is 33.9 Å². The van der Waals surface area contributed by atoms with E-state index in [1.807, 2.05) is 0 Å². The van der Waals surface area contributed by atoms with Crippen molar-refractivity contribution < 1.29 is 13.3 Å². The van der Waals surface area contributed by atoms with Crippen molar-refractivity contribution in [1.82, 2.24) is 0 Å². The standard InChI is InChI=1S/C12H13N3O4S/c13-8-9-7-11(1-2-12(9)15(16)17)14-10-3-5-20(18,19)6-4-10/h1-2,7,10,14H,3-6H2. The fourth-order valence-electron chi connectivity index (χ4n) is 2.14. The van der Waals surface area contributed by atoms with Crippen LogP contribution in [0.3, 0.4) is 0 Å². The van der Waals surface area contributed by atoms with Crippen molar-refractivity contribution in [1.29, 1.82) is 5.26 Å². The Balaban J connectivity index is 2.12. The van der Waals surface area contributed by atoms with E-state index >= 15 is 0 Å². The first-order valence-electron chi connectivity index (χ1n) is 6.07. The van der Waals surface area contributed by atoms with Crippen LogP contribution in [0, 0.1) is 21.4 Å². The van der Waals surface area contributed by atoms with Crippen molar-refractivity contribution in [2.75, 3.05) is 16.8 Å².